The molecular formula is C12H12N4. The van der Waals surface area contributed by atoms with E-state index >= 15 is 0 Å². The third-order valence-corrected chi connectivity index (χ3v) is 2.78. The second-order valence-electron chi connectivity index (χ2n) is 3.94. The Morgan fingerprint density at radius 2 is 2.19 bits per heavy atom. The first-order valence-corrected chi connectivity index (χ1v) is 5.32. The van der Waals surface area contributed by atoms with Crippen molar-refractivity contribution in [1.29, 1.82) is 0 Å². The van der Waals surface area contributed by atoms with Gasteiger partial charge in [0.05, 0.1) is 5.69 Å². The van der Waals surface area contributed by atoms with Crippen molar-refractivity contribution in [2.24, 2.45) is 0 Å². The lowest BCUT2D eigenvalue weighted by Gasteiger charge is -2.04. The second-order valence-corrected chi connectivity index (χ2v) is 3.94. The highest BCUT2D eigenvalue weighted by molar-refractivity contribution is 5.54. The number of nitrogens with zero attached hydrogens (tertiary/aromatic N) is 3. The minimum absolute atomic E-state index is 0.723. The summed E-state index contributed by atoms with van der Waals surface area (Å²) in [5.41, 5.74) is 4.26. The number of aryl methyl sites for hydroxylation is 1. The molecule has 0 atom stereocenters. The average molecular weight is 212 g/mol. The van der Waals surface area contributed by atoms with E-state index in [0.717, 1.165) is 35.9 Å². The Balaban J connectivity index is 2.11. The van der Waals surface area contributed by atoms with Gasteiger partial charge in [-0.15, -0.1) is 0 Å². The number of aromatic nitrogens is 3. The zero-order chi connectivity index (χ0) is 11.0. The van der Waals surface area contributed by atoms with Crippen LogP contribution >= 0.6 is 0 Å². The maximum atomic E-state index is 4.55. The van der Waals surface area contributed by atoms with Crippen molar-refractivity contribution in [2.45, 2.75) is 20.0 Å². The van der Waals surface area contributed by atoms with Crippen molar-refractivity contribution >= 4 is 0 Å². The van der Waals surface area contributed by atoms with Crippen molar-refractivity contribution in [1.82, 2.24) is 20.3 Å². The monoisotopic (exact) mass is 212 g/mol. The summed E-state index contributed by atoms with van der Waals surface area (Å²) < 4.78 is 0. The predicted molar refractivity (Wildman–Crippen MR) is 60.5 cm³/mol. The molecule has 4 heteroatoms. The third kappa shape index (κ3) is 1.47. The molecule has 3 rings (SSSR count). The minimum atomic E-state index is 0.723. The van der Waals surface area contributed by atoms with Gasteiger partial charge in [0.25, 0.3) is 0 Å². The number of pyridine rings is 1. The van der Waals surface area contributed by atoms with Crippen molar-refractivity contribution in [2.75, 3.05) is 0 Å². The molecule has 16 heavy (non-hydrogen) atoms. The molecule has 0 spiro atoms. The van der Waals surface area contributed by atoms with Crippen LogP contribution in [0, 0.1) is 6.92 Å². The van der Waals surface area contributed by atoms with Crippen LogP contribution in [0.1, 0.15) is 16.8 Å². The number of hydrogen-bond acceptors (Lipinski definition) is 4. The Morgan fingerprint density at radius 3 is 3.06 bits per heavy atom. The van der Waals surface area contributed by atoms with E-state index in [2.05, 4.69) is 20.3 Å². The molecule has 0 aromatic carbocycles. The summed E-state index contributed by atoms with van der Waals surface area (Å²) in [6.07, 6.45) is 3.67. The Bertz CT molecular complexity index is 536. The van der Waals surface area contributed by atoms with Gasteiger partial charge in [-0.2, -0.15) is 0 Å². The molecule has 2 aromatic rings. The quantitative estimate of drug-likeness (QED) is 0.777. The fourth-order valence-electron chi connectivity index (χ4n) is 1.89. The first-order valence-electron chi connectivity index (χ1n) is 5.32. The molecule has 0 aliphatic carbocycles. The highest BCUT2D eigenvalue weighted by Crippen LogP contribution is 2.19. The van der Waals surface area contributed by atoms with E-state index < -0.39 is 0 Å². The Kier molecular flexibility index (Phi) is 2.15. The maximum absolute atomic E-state index is 4.55. The maximum Gasteiger partial charge on any atom is 0.178 e. The molecule has 80 valence electrons. The van der Waals surface area contributed by atoms with Crippen LogP contribution < -0.4 is 5.32 Å². The smallest absolute Gasteiger partial charge is 0.178 e. The molecular weight excluding hydrogens is 200 g/mol. The molecule has 0 bridgehead atoms. The molecule has 0 saturated heterocycles. The van der Waals surface area contributed by atoms with E-state index in [1.54, 1.807) is 6.20 Å². The zero-order valence-electron chi connectivity index (χ0n) is 9.07. The van der Waals surface area contributed by atoms with Crippen molar-refractivity contribution in [3.05, 3.63) is 41.3 Å². The highest BCUT2D eigenvalue weighted by Gasteiger charge is 2.14. The molecule has 0 amide bonds. The number of hydrogen-bond donors (Lipinski definition) is 1. The van der Waals surface area contributed by atoms with Crippen LogP contribution in [0.25, 0.3) is 11.5 Å². The van der Waals surface area contributed by atoms with Gasteiger partial charge < -0.3 is 5.32 Å². The summed E-state index contributed by atoms with van der Waals surface area (Å²) >= 11 is 0. The summed E-state index contributed by atoms with van der Waals surface area (Å²) in [5.74, 6) is 0.723. The molecule has 1 N–H and O–H groups in total. The molecule has 1 aliphatic rings. The fourth-order valence-corrected chi connectivity index (χ4v) is 1.89. The summed E-state index contributed by atoms with van der Waals surface area (Å²) in [4.78, 5) is 13.2. The highest BCUT2D eigenvalue weighted by atomic mass is 15.0. The third-order valence-electron chi connectivity index (χ3n) is 2.78. The lowest BCUT2D eigenvalue weighted by Crippen LogP contribution is -2.01. The van der Waals surface area contributed by atoms with Crippen LogP contribution in [0.5, 0.6) is 0 Å². The number of nitrogens with one attached hydrogen (secondary N) is 1. The van der Waals surface area contributed by atoms with E-state index in [9.17, 15) is 0 Å². The summed E-state index contributed by atoms with van der Waals surface area (Å²) in [5, 5.41) is 3.26. The van der Waals surface area contributed by atoms with Gasteiger partial charge in [-0.3, -0.25) is 4.98 Å². The van der Waals surface area contributed by atoms with Gasteiger partial charge in [-0.05, 0) is 18.6 Å². The lowest BCUT2D eigenvalue weighted by atomic mass is 10.2. The Hall–Kier alpha value is -1.81. The van der Waals surface area contributed by atoms with Gasteiger partial charge in [0.15, 0.2) is 5.82 Å². The molecule has 1 aliphatic heterocycles. The van der Waals surface area contributed by atoms with Gasteiger partial charge in [0, 0.05) is 31.0 Å². The van der Waals surface area contributed by atoms with Gasteiger partial charge >= 0.3 is 0 Å². The van der Waals surface area contributed by atoms with E-state index in [1.807, 2.05) is 25.3 Å². The summed E-state index contributed by atoms with van der Waals surface area (Å²) in [7, 11) is 0. The van der Waals surface area contributed by atoms with Crippen LogP contribution in [0.15, 0.2) is 24.5 Å². The minimum Gasteiger partial charge on any atom is -0.307 e. The van der Waals surface area contributed by atoms with Gasteiger partial charge in [0.1, 0.15) is 5.69 Å². The topological polar surface area (TPSA) is 50.7 Å². The van der Waals surface area contributed by atoms with E-state index in [0.29, 0.717) is 0 Å². The van der Waals surface area contributed by atoms with Crippen LogP contribution in [0.2, 0.25) is 0 Å². The molecule has 0 saturated carbocycles. The molecule has 2 aromatic heterocycles. The number of fused-ring (bicyclic) bond motifs is 1. The van der Waals surface area contributed by atoms with Crippen LogP contribution in [-0.4, -0.2) is 15.0 Å². The summed E-state index contributed by atoms with van der Waals surface area (Å²) in [6.45, 7) is 3.73. The molecule has 0 fully saturated rings. The molecule has 4 nitrogen and oxygen atoms in total. The first kappa shape index (κ1) is 9.42. The van der Waals surface area contributed by atoms with E-state index in [1.165, 1.54) is 5.56 Å². The largest absolute Gasteiger partial charge is 0.307 e. The summed E-state index contributed by atoms with van der Waals surface area (Å²) in [6, 6.07) is 3.95. The van der Waals surface area contributed by atoms with Crippen molar-refractivity contribution < 1.29 is 0 Å². The van der Waals surface area contributed by atoms with Gasteiger partial charge in [-0.25, -0.2) is 9.97 Å². The van der Waals surface area contributed by atoms with E-state index in [-0.39, 0.29) is 0 Å². The predicted octanol–water partition coefficient (Wildman–Crippen LogP) is 1.45. The van der Waals surface area contributed by atoms with Crippen LogP contribution in [-0.2, 0) is 13.1 Å². The zero-order valence-corrected chi connectivity index (χ0v) is 9.07. The average Bonchev–Trinajstić information content (AvgIpc) is 2.76. The number of rotatable bonds is 1. The Morgan fingerprint density at radius 1 is 1.25 bits per heavy atom. The van der Waals surface area contributed by atoms with Crippen molar-refractivity contribution in [3.63, 3.8) is 0 Å². The van der Waals surface area contributed by atoms with Crippen LogP contribution in [0.4, 0.5) is 0 Å². The normalized spacial score (nSPS) is 13.8. The fraction of sp³-hybridized carbons (Fsp3) is 0.250. The molecule has 3 heterocycles. The Labute approximate surface area is 93.8 Å². The molecule has 0 unspecified atom stereocenters. The van der Waals surface area contributed by atoms with E-state index in [4.69, 9.17) is 0 Å². The van der Waals surface area contributed by atoms with Gasteiger partial charge in [-0.1, -0.05) is 6.07 Å². The molecule has 0 radical (unpaired) electrons. The second kappa shape index (κ2) is 3.64. The SMILES string of the molecule is Cc1cccnc1-c1ncc2c(n1)CNC2. The lowest BCUT2D eigenvalue weighted by molar-refractivity contribution is 0.758. The standard InChI is InChI=1S/C12H12N4/c1-8-3-2-4-14-11(8)12-15-6-9-5-13-7-10(9)16-12/h2-4,6,13H,5,7H2,1H3. The van der Waals surface area contributed by atoms with Crippen LogP contribution in [0.3, 0.4) is 0 Å². The van der Waals surface area contributed by atoms with Gasteiger partial charge in [0.2, 0.25) is 0 Å². The van der Waals surface area contributed by atoms with Crippen molar-refractivity contribution in [3.8, 4) is 11.5 Å². The first-order chi connectivity index (χ1) is 7.84.